The SMILES string of the molecule is C=CCN(Cc1ccc(OC)cc1)C(C)(C)C(=O)NO. The van der Waals surface area contributed by atoms with Gasteiger partial charge in [0.25, 0.3) is 5.91 Å². The number of rotatable bonds is 7. The van der Waals surface area contributed by atoms with Crippen molar-refractivity contribution in [2.24, 2.45) is 0 Å². The van der Waals surface area contributed by atoms with Gasteiger partial charge in [-0.2, -0.15) is 0 Å². The smallest absolute Gasteiger partial charge is 0.263 e. The van der Waals surface area contributed by atoms with E-state index in [1.807, 2.05) is 29.2 Å². The van der Waals surface area contributed by atoms with E-state index in [0.29, 0.717) is 13.1 Å². The summed E-state index contributed by atoms with van der Waals surface area (Å²) in [5, 5.41) is 8.85. The Balaban J connectivity index is 2.90. The summed E-state index contributed by atoms with van der Waals surface area (Å²) in [6, 6.07) is 7.64. The first-order valence-corrected chi connectivity index (χ1v) is 6.39. The molecular weight excluding hydrogens is 256 g/mol. The van der Waals surface area contributed by atoms with Crippen LogP contribution in [0.1, 0.15) is 19.4 Å². The molecule has 0 atom stereocenters. The zero-order chi connectivity index (χ0) is 15.2. The van der Waals surface area contributed by atoms with Crippen LogP contribution in [0.3, 0.4) is 0 Å². The van der Waals surface area contributed by atoms with Gasteiger partial charge in [0.2, 0.25) is 0 Å². The summed E-state index contributed by atoms with van der Waals surface area (Å²) in [5.74, 6) is 0.337. The highest BCUT2D eigenvalue weighted by Crippen LogP contribution is 2.20. The maximum absolute atomic E-state index is 11.8. The van der Waals surface area contributed by atoms with E-state index in [-0.39, 0.29) is 0 Å². The molecule has 2 N–H and O–H groups in total. The largest absolute Gasteiger partial charge is 0.497 e. The molecule has 0 aromatic heterocycles. The van der Waals surface area contributed by atoms with Crippen molar-refractivity contribution in [1.82, 2.24) is 10.4 Å². The van der Waals surface area contributed by atoms with Crippen molar-refractivity contribution in [1.29, 1.82) is 0 Å². The summed E-state index contributed by atoms with van der Waals surface area (Å²) in [5.41, 5.74) is 1.92. The van der Waals surface area contributed by atoms with Crippen molar-refractivity contribution >= 4 is 5.91 Å². The third kappa shape index (κ3) is 3.82. The molecule has 0 heterocycles. The molecule has 1 aromatic rings. The fraction of sp³-hybridized carbons (Fsp3) is 0.400. The van der Waals surface area contributed by atoms with E-state index in [1.54, 1.807) is 32.5 Å². The zero-order valence-corrected chi connectivity index (χ0v) is 12.2. The lowest BCUT2D eigenvalue weighted by molar-refractivity contribution is -0.140. The van der Waals surface area contributed by atoms with Gasteiger partial charge in [0.05, 0.1) is 12.6 Å². The van der Waals surface area contributed by atoms with Crippen LogP contribution in [0.4, 0.5) is 0 Å². The van der Waals surface area contributed by atoms with Gasteiger partial charge in [0.15, 0.2) is 0 Å². The Morgan fingerprint density at radius 1 is 1.45 bits per heavy atom. The van der Waals surface area contributed by atoms with E-state index in [4.69, 9.17) is 9.94 Å². The van der Waals surface area contributed by atoms with Gasteiger partial charge in [-0.1, -0.05) is 18.2 Å². The van der Waals surface area contributed by atoms with Crippen LogP contribution >= 0.6 is 0 Å². The lowest BCUT2D eigenvalue weighted by Gasteiger charge is -2.35. The first-order chi connectivity index (χ1) is 9.45. The highest BCUT2D eigenvalue weighted by molar-refractivity contribution is 5.84. The molecule has 0 fully saturated rings. The molecule has 1 aromatic carbocycles. The lowest BCUT2D eigenvalue weighted by atomic mass is 10.0. The number of hydrogen-bond acceptors (Lipinski definition) is 4. The predicted octanol–water partition coefficient (Wildman–Crippen LogP) is 1.97. The molecule has 0 aliphatic rings. The second-order valence-corrected chi connectivity index (χ2v) is 5.02. The molecule has 0 spiro atoms. The summed E-state index contributed by atoms with van der Waals surface area (Å²) in [4.78, 5) is 13.7. The number of hydrogen-bond donors (Lipinski definition) is 2. The van der Waals surface area contributed by atoms with E-state index in [1.165, 1.54) is 0 Å². The summed E-state index contributed by atoms with van der Waals surface area (Å²) < 4.78 is 5.12. The quantitative estimate of drug-likeness (QED) is 0.455. The summed E-state index contributed by atoms with van der Waals surface area (Å²) in [6.45, 7) is 8.32. The van der Waals surface area contributed by atoms with Crippen LogP contribution in [0.5, 0.6) is 5.75 Å². The minimum Gasteiger partial charge on any atom is -0.497 e. The molecule has 0 aliphatic heterocycles. The fourth-order valence-electron chi connectivity index (χ4n) is 1.88. The van der Waals surface area contributed by atoms with Gasteiger partial charge in [-0.15, -0.1) is 6.58 Å². The molecule has 5 nitrogen and oxygen atoms in total. The van der Waals surface area contributed by atoms with Crippen LogP contribution in [-0.2, 0) is 11.3 Å². The predicted molar refractivity (Wildman–Crippen MR) is 77.6 cm³/mol. The Labute approximate surface area is 119 Å². The fourth-order valence-corrected chi connectivity index (χ4v) is 1.88. The highest BCUT2D eigenvalue weighted by Gasteiger charge is 2.33. The van der Waals surface area contributed by atoms with Gasteiger partial charge in [-0.3, -0.25) is 14.9 Å². The molecule has 1 amide bonds. The van der Waals surface area contributed by atoms with Crippen molar-refractivity contribution in [3.8, 4) is 5.75 Å². The molecule has 0 saturated heterocycles. The Morgan fingerprint density at radius 2 is 2.05 bits per heavy atom. The van der Waals surface area contributed by atoms with E-state index >= 15 is 0 Å². The second-order valence-electron chi connectivity index (χ2n) is 5.02. The number of methoxy groups -OCH3 is 1. The van der Waals surface area contributed by atoms with Crippen molar-refractivity contribution in [2.75, 3.05) is 13.7 Å². The molecule has 0 bridgehead atoms. The molecule has 5 heteroatoms. The number of ether oxygens (including phenoxy) is 1. The molecule has 1 rings (SSSR count). The Hall–Kier alpha value is -1.85. The third-order valence-corrected chi connectivity index (χ3v) is 3.33. The number of nitrogens with zero attached hydrogens (tertiary/aromatic N) is 1. The van der Waals surface area contributed by atoms with Crippen LogP contribution in [0, 0.1) is 0 Å². The van der Waals surface area contributed by atoms with E-state index in [0.717, 1.165) is 11.3 Å². The maximum atomic E-state index is 11.8. The molecule has 0 saturated carbocycles. The van der Waals surface area contributed by atoms with E-state index in [9.17, 15) is 4.79 Å². The van der Waals surface area contributed by atoms with Crippen molar-refractivity contribution in [3.63, 3.8) is 0 Å². The molecular formula is C15H22N2O3. The first-order valence-electron chi connectivity index (χ1n) is 6.39. The first kappa shape index (κ1) is 16.2. The van der Waals surface area contributed by atoms with Crippen LogP contribution in [-0.4, -0.2) is 35.2 Å². The summed E-state index contributed by atoms with van der Waals surface area (Å²) >= 11 is 0. The van der Waals surface area contributed by atoms with Crippen LogP contribution in [0.2, 0.25) is 0 Å². The third-order valence-electron chi connectivity index (χ3n) is 3.33. The van der Waals surface area contributed by atoms with Crippen LogP contribution in [0.25, 0.3) is 0 Å². The molecule has 20 heavy (non-hydrogen) atoms. The normalized spacial score (nSPS) is 11.2. The second kappa shape index (κ2) is 7.07. The standard InChI is InChI=1S/C15H22N2O3/c1-5-10-17(15(2,3)14(18)16-19)11-12-6-8-13(20-4)9-7-12/h5-9,19H,1,10-11H2,2-4H3,(H,16,18). The van der Waals surface area contributed by atoms with Crippen LogP contribution in [0.15, 0.2) is 36.9 Å². The molecule has 0 aliphatic carbocycles. The monoisotopic (exact) mass is 278 g/mol. The number of amides is 1. The average molecular weight is 278 g/mol. The van der Waals surface area contributed by atoms with E-state index in [2.05, 4.69) is 6.58 Å². The Bertz CT molecular complexity index is 455. The molecule has 110 valence electrons. The van der Waals surface area contributed by atoms with Gasteiger partial charge < -0.3 is 4.74 Å². The van der Waals surface area contributed by atoms with Crippen molar-refractivity contribution in [3.05, 3.63) is 42.5 Å². The molecule has 0 unspecified atom stereocenters. The highest BCUT2D eigenvalue weighted by atomic mass is 16.5. The summed E-state index contributed by atoms with van der Waals surface area (Å²) in [7, 11) is 1.62. The van der Waals surface area contributed by atoms with E-state index < -0.39 is 11.4 Å². The summed E-state index contributed by atoms with van der Waals surface area (Å²) in [6.07, 6.45) is 1.73. The Kier molecular flexibility index (Phi) is 5.73. The van der Waals surface area contributed by atoms with Crippen molar-refractivity contribution < 1.29 is 14.7 Å². The number of hydroxylamine groups is 1. The number of nitrogens with one attached hydrogen (secondary N) is 1. The van der Waals surface area contributed by atoms with Gasteiger partial charge in [-0.05, 0) is 31.5 Å². The molecule has 0 radical (unpaired) electrons. The Morgan fingerprint density at radius 3 is 2.50 bits per heavy atom. The minimum atomic E-state index is -0.844. The number of carbonyl (C=O) groups excluding carboxylic acids is 1. The van der Waals surface area contributed by atoms with Gasteiger partial charge in [0, 0.05) is 13.1 Å². The number of benzene rings is 1. The topological polar surface area (TPSA) is 61.8 Å². The van der Waals surface area contributed by atoms with Gasteiger partial charge in [-0.25, -0.2) is 5.48 Å². The van der Waals surface area contributed by atoms with Crippen molar-refractivity contribution in [2.45, 2.75) is 25.9 Å². The average Bonchev–Trinajstić information content (AvgIpc) is 2.46. The lowest BCUT2D eigenvalue weighted by Crippen LogP contribution is -2.54. The van der Waals surface area contributed by atoms with Gasteiger partial charge >= 0.3 is 0 Å². The van der Waals surface area contributed by atoms with Gasteiger partial charge in [0.1, 0.15) is 5.75 Å². The zero-order valence-electron chi connectivity index (χ0n) is 12.2. The minimum absolute atomic E-state index is 0.451. The maximum Gasteiger partial charge on any atom is 0.263 e. The van der Waals surface area contributed by atoms with Crippen LogP contribution < -0.4 is 10.2 Å². The number of carbonyl (C=O) groups is 1.